The summed E-state index contributed by atoms with van der Waals surface area (Å²) >= 11 is 0. The molecule has 0 fully saturated rings. The second-order valence-electron chi connectivity index (χ2n) is 17.8. The first kappa shape index (κ1) is 54.4. The van der Waals surface area contributed by atoms with E-state index in [0.29, 0.717) is 11.1 Å². The average molecular weight is 1050 g/mol. The van der Waals surface area contributed by atoms with Crippen LogP contribution in [0.15, 0.2) is 121 Å². The summed E-state index contributed by atoms with van der Waals surface area (Å²) in [5.41, 5.74) is 12.9. The Labute approximate surface area is 436 Å². The van der Waals surface area contributed by atoms with Gasteiger partial charge in [-0.25, -0.2) is 51.5 Å². The highest BCUT2D eigenvalue weighted by Gasteiger charge is 2.20. The molecule has 75 heavy (non-hydrogen) atoms. The van der Waals surface area contributed by atoms with Crippen LogP contribution in [0.1, 0.15) is 58.9 Å². The number of sulfonamides is 2. The van der Waals surface area contributed by atoms with Crippen LogP contribution in [0.25, 0.3) is 33.1 Å². The summed E-state index contributed by atoms with van der Waals surface area (Å²) in [6.07, 6.45) is 16.6. The molecule has 388 valence electrons. The molecule has 22 heteroatoms. The molecule has 0 aliphatic heterocycles. The van der Waals surface area contributed by atoms with E-state index in [1.807, 2.05) is 156 Å². The summed E-state index contributed by atoms with van der Waals surface area (Å²) in [4.78, 5) is 43.2. The zero-order valence-electron chi connectivity index (χ0n) is 43.4. The first-order chi connectivity index (χ1) is 35.7. The van der Waals surface area contributed by atoms with Gasteiger partial charge in [-0.2, -0.15) is 9.66 Å². The molecule has 0 radical (unpaired) electrons. The van der Waals surface area contributed by atoms with Crippen molar-refractivity contribution in [3.8, 4) is 6.07 Å². The van der Waals surface area contributed by atoms with Crippen molar-refractivity contribution in [2.75, 3.05) is 48.4 Å². The molecule has 0 bridgehead atoms. The fraction of sp³-hybridized carbons (Fsp3) is 0.264. The number of pyridine rings is 3. The normalized spacial score (nSPS) is 12.0. The summed E-state index contributed by atoms with van der Waals surface area (Å²) < 4.78 is 57.4. The lowest BCUT2D eigenvalue weighted by Crippen LogP contribution is -2.27. The van der Waals surface area contributed by atoms with Gasteiger partial charge in [0.05, 0.1) is 85.2 Å². The van der Waals surface area contributed by atoms with Crippen LogP contribution in [-0.2, 0) is 54.0 Å². The number of fused-ring (bicyclic) bond motifs is 3. The molecule has 20 nitrogen and oxygen atoms in total. The SMILES string of the molecule is CCc1cc(C(CC#N)NS(C)(=O)=O)ccc1N(C)c1cc2c(cn1)ncn2C.CCc1cc(C=O)ccc1N(C)c1cc2c(cn1)ncn2C.CN(c1ccc(C=NS(C)(=O)=O)cc1)c1cc2c(cn1)ncn2C. The number of nitriles is 1. The fourth-order valence-electron chi connectivity index (χ4n) is 8.23. The Morgan fingerprint density at radius 2 is 1.07 bits per heavy atom. The van der Waals surface area contributed by atoms with E-state index >= 15 is 0 Å². The third kappa shape index (κ3) is 13.2. The lowest BCUT2D eigenvalue weighted by atomic mass is 9.99. The van der Waals surface area contributed by atoms with Crippen molar-refractivity contribution in [1.29, 1.82) is 5.26 Å². The van der Waals surface area contributed by atoms with Crippen molar-refractivity contribution in [3.63, 3.8) is 0 Å². The van der Waals surface area contributed by atoms with Crippen molar-refractivity contribution in [2.45, 2.75) is 39.2 Å². The highest BCUT2D eigenvalue weighted by molar-refractivity contribution is 7.89. The number of anilines is 6. The van der Waals surface area contributed by atoms with Crippen molar-refractivity contribution in [3.05, 3.63) is 144 Å². The number of hydrogen-bond acceptors (Lipinski definition) is 15. The van der Waals surface area contributed by atoms with E-state index in [1.165, 1.54) is 6.21 Å². The minimum Gasteiger partial charge on any atom is -0.334 e. The van der Waals surface area contributed by atoms with Crippen molar-refractivity contribution in [2.24, 2.45) is 25.5 Å². The van der Waals surface area contributed by atoms with E-state index < -0.39 is 26.1 Å². The quantitative estimate of drug-likeness (QED) is 0.0756. The molecule has 0 amide bonds. The Bertz CT molecular complexity index is 3810. The Morgan fingerprint density at radius 1 is 0.627 bits per heavy atom. The molecule has 0 aliphatic carbocycles. The summed E-state index contributed by atoms with van der Waals surface area (Å²) in [5.74, 6) is 2.43. The van der Waals surface area contributed by atoms with Crippen LogP contribution >= 0.6 is 0 Å². The van der Waals surface area contributed by atoms with Gasteiger partial charge in [0.15, 0.2) is 0 Å². The molecule has 0 saturated carbocycles. The number of carbonyl (C=O) groups excluding carboxylic acids is 1. The number of aromatic nitrogens is 9. The molecular formula is C53H59N15O5S2. The third-order valence-electron chi connectivity index (χ3n) is 12.4. The molecule has 1 N–H and O–H groups in total. The van der Waals surface area contributed by atoms with Gasteiger partial charge in [-0.05, 0) is 71.5 Å². The number of aryl methyl sites for hydroxylation is 5. The van der Waals surface area contributed by atoms with Crippen molar-refractivity contribution < 1.29 is 21.6 Å². The van der Waals surface area contributed by atoms with E-state index in [4.69, 9.17) is 5.26 Å². The molecule has 6 aromatic heterocycles. The smallest absolute Gasteiger partial charge is 0.250 e. The Morgan fingerprint density at radius 3 is 1.49 bits per heavy atom. The van der Waals surface area contributed by atoms with Crippen LogP contribution in [0.3, 0.4) is 0 Å². The second kappa shape index (κ2) is 23.2. The van der Waals surface area contributed by atoms with E-state index in [0.717, 1.165) is 116 Å². The van der Waals surface area contributed by atoms with Gasteiger partial charge in [0.2, 0.25) is 20.0 Å². The minimum atomic E-state index is -3.43. The zero-order valence-corrected chi connectivity index (χ0v) is 45.1. The van der Waals surface area contributed by atoms with Gasteiger partial charge in [0.25, 0.3) is 0 Å². The van der Waals surface area contributed by atoms with Crippen LogP contribution in [0.2, 0.25) is 0 Å². The van der Waals surface area contributed by atoms with E-state index in [1.54, 1.807) is 37.6 Å². The van der Waals surface area contributed by atoms with Crippen LogP contribution < -0.4 is 19.4 Å². The average Bonchev–Trinajstić information content (AvgIpc) is 4.11. The third-order valence-corrected chi connectivity index (χ3v) is 13.6. The van der Waals surface area contributed by atoms with Gasteiger partial charge in [-0.15, -0.1) is 0 Å². The molecule has 0 spiro atoms. The predicted molar refractivity (Wildman–Crippen MR) is 297 cm³/mol. The molecule has 0 saturated heterocycles. The number of aldehydes is 1. The number of hydrogen-bond donors (Lipinski definition) is 1. The minimum absolute atomic E-state index is 0.0596. The number of carbonyl (C=O) groups is 1. The molecule has 3 aromatic carbocycles. The summed E-state index contributed by atoms with van der Waals surface area (Å²) in [7, 11) is 4.90. The van der Waals surface area contributed by atoms with Gasteiger partial charge >= 0.3 is 0 Å². The molecule has 9 aromatic rings. The Kier molecular flexibility index (Phi) is 16.8. The first-order valence-electron chi connectivity index (χ1n) is 23.6. The second-order valence-corrected chi connectivity index (χ2v) is 21.3. The van der Waals surface area contributed by atoms with Crippen LogP contribution in [0.5, 0.6) is 0 Å². The van der Waals surface area contributed by atoms with Gasteiger partial charge in [0.1, 0.15) is 40.3 Å². The molecule has 6 heterocycles. The Balaban J connectivity index is 0.000000166. The highest BCUT2D eigenvalue weighted by Crippen LogP contribution is 2.32. The lowest BCUT2D eigenvalue weighted by Gasteiger charge is -2.23. The van der Waals surface area contributed by atoms with Gasteiger partial charge in [-0.3, -0.25) is 4.79 Å². The maximum absolute atomic E-state index is 11.7. The summed E-state index contributed by atoms with van der Waals surface area (Å²) in [6.45, 7) is 4.12. The number of imidazole rings is 3. The first-order valence-corrected chi connectivity index (χ1v) is 27.4. The molecular weight excluding hydrogens is 991 g/mol. The van der Waals surface area contributed by atoms with Gasteiger partial charge in [0, 0.05) is 89.3 Å². The summed E-state index contributed by atoms with van der Waals surface area (Å²) in [6, 6.07) is 26.3. The maximum atomic E-state index is 11.7. The molecule has 1 atom stereocenters. The van der Waals surface area contributed by atoms with E-state index in [-0.39, 0.29) is 6.42 Å². The largest absolute Gasteiger partial charge is 0.334 e. The number of rotatable bonds is 15. The zero-order chi connectivity index (χ0) is 54.2. The predicted octanol–water partition coefficient (Wildman–Crippen LogP) is 8.03. The number of nitrogens with one attached hydrogen (secondary N) is 1. The van der Waals surface area contributed by atoms with Crippen LogP contribution in [-0.4, -0.2) is 107 Å². The van der Waals surface area contributed by atoms with E-state index in [2.05, 4.69) is 52.0 Å². The standard InChI is InChI=1S/C20H24N6O2S.C17H18N4O.C16H17N5O2S/c1-5-14-10-15(16(8-9-21)24-29(4,27)28)6-7-18(14)26(3)20-11-19-17(12-22-20)23-13-25(19)2;1-4-13-7-12(10-22)5-6-15(13)21(3)17-8-16-14(9-18-17)19-11-20(16)2;1-20-11-18-14-10-17-16(8-15(14)20)21(2)13-6-4-12(5-7-13)9-19-24(3,22)23/h6-7,10-13,16,24H,5,8H2,1-4H3;5-11H,4H2,1-3H3;4-11H,1-3H3. The van der Waals surface area contributed by atoms with Gasteiger partial charge in [-0.1, -0.05) is 38.1 Å². The number of benzene rings is 3. The summed E-state index contributed by atoms with van der Waals surface area (Å²) in [5, 5.41) is 9.10. The van der Waals surface area contributed by atoms with Crippen LogP contribution in [0, 0.1) is 11.3 Å². The fourth-order valence-corrected chi connectivity index (χ4v) is 9.28. The molecule has 0 aliphatic rings. The number of nitrogens with zero attached hydrogens (tertiary/aromatic N) is 14. The van der Waals surface area contributed by atoms with Crippen molar-refractivity contribution in [1.82, 2.24) is 48.3 Å². The van der Waals surface area contributed by atoms with E-state index in [9.17, 15) is 21.6 Å². The highest BCUT2D eigenvalue weighted by atomic mass is 32.2. The topological polar surface area (TPSA) is 235 Å². The molecule has 1 unspecified atom stereocenters. The van der Waals surface area contributed by atoms with Crippen LogP contribution in [0.4, 0.5) is 34.5 Å². The lowest BCUT2D eigenvalue weighted by molar-refractivity contribution is 0.112. The van der Waals surface area contributed by atoms with Gasteiger partial charge < -0.3 is 28.4 Å². The van der Waals surface area contributed by atoms with Crippen molar-refractivity contribution >= 4 is 100 Å². The monoisotopic (exact) mass is 1050 g/mol. The Hall–Kier alpha value is -8.39. The maximum Gasteiger partial charge on any atom is 0.250 e. The molecule has 9 rings (SSSR count).